The molecule has 0 N–H and O–H groups in total. The van der Waals surface area contributed by atoms with Gasteiger partial charge >= 0.3 is 0 Å². The molecule has 264 valence electrons. The minimum Gasteiger partial charge on any atom is -0.493 e. The number of allylic oxidation sites excluding steroid dienone is 4. The van der Waals surface area contributed by atoms with Crippen LogP contribution in [0.1, 0.15) is 191 Å². The first kappa shape index (κ1) is 39.7. The maximum absolute atomic E-state index is 12.0. The number of rotatable bonds is 27. The van der Waals surface area contributed by atoms with Crippen LogP contribution in [-0.2, 0) is 12.8 Å². The summed E-state index contributed by atoms with van der Waals surface area (Å²) < 4.78 is 1.52. The number of nitrogens with zero attached hydrogens (tertiary/aromatic N) is 2. The molecule has 0 atom stereocenters. The molecule has 48 heavy (non-hydrogen) atoms. The van der Waals surface area contributed by atoms with Crippen molar-refractivity contribution in [3.63, 3.8) is 0 Å². The largest absolute Gasteiger partial charge is 0.493 e. The van der Waals surface area contributed by atoms with Crippen molar-refractivity contribution in [3.05, 3.63) is 99.6 Å². The highest BCUT2D eigenvalue weighted by atomic mass is 15.2. The summed E-state index contributed by atoms with van der Waals surface area (Å²) >= 11 is 0. The van der Waals surface area contributed by atoms with Gasteiger partial charge in [-0.15, -0.1) is 0 Å². The fourth-order valence-electron chi connectivity index (χ4n) is 7.08. The molecule has 0 aliphatic carbocycles. The minimum atomic E-state index is 0.941. The van der Waals surface area contributed by atoms with Gasteiger partial charge in [-0.25, -0.2) is 4.70 Å². The third-order valence-corrected chi connectivity index (χ3v) is 10.2. The van der Waals surface area contributed by atoms with Crippen molar-refractivity contribution >= 4 is 11.4 Å². The highest BCUT2D eigenvalue weighted by Gasteiger charge is 2.34. The Morgan fingerprint density at radius 3 is 1.40 bits per heavy atom. The number of unbranched alkanes of at least 4 members (excludes halogenated alkanes) is 17. The highest BCUT2D eigenvalue weighted by molar-refractivity contribution is 5.84. The molecule has 2 aromatic carbocycles. The second-order valence-corrected chi connectivity index (χ2v) is 14.4. The Hall–Kier alpha value is -2.74. The van der Waals surface area contributed by atoms with Gasteiger partial charge in [-0.2, -0.15) is 0 Å². The normalized spacial score (nSPS) is 13.5. The van der Waals surface area contributed by atoms with E-state index in [4.69, 9.17) is 0 Å². The second kappa shape index (κ2) is 24.4. The number of hydrogen-bond donors (Lipinski definition) is 0. The first-order valence-electron chi connectivity index (χ1n) is 20.5. The minimum absolute atomic E-state index is 0.941. The Morgan fingerprint density at radius 2 is 0.875 bits per heavy atom. The van der Waals surface area contributed by atoms with Crippen LogP contribution in [0.3, 0.4) is 0 Å². The van der Waals surface area contributed by atoms with Crippen LogP contribution in [0.15, 0.2) is 71.8 Å². The average molecular weight is 651 g/mol. The van der Waals surface area contributed by atoms with E-state index in [2.05, 4.69) is 88.4 Å². The van der Waals surface area contributed by atoms with E-state index in [9.17, 15) is 5.53 Å². The van der Waals surface area contributed by atoms with E-state index >= 15 is 0 Å². The smallest absolute Gasteiger partial charge is 0.215 e. The van der Waals surface area contributed by atoms with Gasteiger partial charge in [0.2, 0.25) is 11.4 Å². The molecule has 0 saturated carbocycles. The molecule has 0 spiro atoms. The second-order valence-electron chi connectivity index (χ2n) is 14.4. The summed E-state index contributed by atoms with van der Waals surface area (Å²) in [6.07, 6.45) is 35.3. The number of aryl methyl sites for hydroxylation is 2. The average Bonchev–Trinajstić information content (AvgIpc) is 3.39. The molecule has 0 radical (unpaired) electrons. The van der Waals surface area contributed by atoms with Crippen LogP contribution in [0.25, 0.3) is 16.9 Å². The van der Waals surface area contributed by atoms with Gasteiger partial charge in [0.15, 0.2) is 0 Å². The Labute approximate surface area is 296 Å². The van der Waals surface area contributed by atoms with Crippen LogP contribution in [0.4, 0.5) is 0 Å². The summed E-state index contributed by atoms with van der Waals surface area (Å²) in [5, 5.41) is 0. The third-order valence-electron chi connectivity index (χ3n) is 10.2. The van der Waals surface area contributed by atoms with Gasteiger partial charge in [-0.3, -0.25) is 0 Å². The summed E-state index contributed by atoms with van der Waals surface area (Å²) in [4.78, 5) is 0. The van der Waals surface area contributed by atoms with Gasteiger partial charge in [0.25, 0.3) is 0 Å². The summed E-state index contributed by atoms with van der Waals surface area (Å²) in [6.45, 7) is 9.09. The zero-order chi connectivity index (χ0) is 34.2. The van der Waals surface area contributed by atoms with Crippen molar-refractivity contribution in [1.29, 1.82) is 0 Å². The van der Waals surface area contributed by atoms with E-state index in [1.54, 1.807) is 0 Å². The predicted molar refractivity (Wildman–Crippen MR) is 211 cm³/mol. The summed E-state index contributed by atoms with van der Waals surface area (Å²) in [6, 6.07) is 18.1. The molecule has 2 aromatic rings. The lowest BCUT2D eigenvalue weighted by Gasteiger charge is -2.11. The van der Waals surface area contributed by atoms with E-state index in [0.29, 0.717) is 0 Å². The molecule has 1 aliphatic heterocycles. The SMILES string of the molecule is CCCCCCCCCCCCC=CC1=C(c2ccc(CCCCCCCC)cc2)[N+](=[N-])C(c2ccc(CCCC)cc2)=C1CCCC. The van der Waals surface area contributed by atoms with Crippen molar-refractivity contribution < 1.29 is 4.70 Å². The van der Waals surface area contributed by atoms with Gasteiger partial charge in [0.1, 0.15) is 0 Å². The first-order chi connectivity index (χ1) is 23.6. The van der Waals surface area contributed by atoms with Crippen molar-refractivity contribution in [2.24, 2.45) is 0 Å². The zero-order valence-electron chi connectivity index (χ0n) is 31.6. The summed E-state index contributed by atoms with van der Waals surface area (Å²) in [5.41, 5.74) is 21.4. The molecule has 0 bridgehead atoms. The standard InChI is InChI=1S/C46H70N2/c1-5-9-13-15-17-18-19-20-21-22-24-26-30-44-43(29-12-8-4)45(41-35-31-39(32-36-41)27-11-7-3)48(47)46(44)42-37-33-40(34-38-42)28-25-23-16-14-10-6-2/h26,30-38H,5-25,27-29H2,1-4H3. The van der Waals surface area contributed by atoms with Gasteiger partial charge < -0.3 is 5.53 Å². The van der Waals surface area contributed by atoms with Gasteiger partial charge in [0, 0.05) is 16.7 Å². The maximum atomic E-state index is 12.0. The van der Waals surface area contributed by atoms with E-state index < -0.39 is 0 Å². The molecule has 0 amide bonds. The Kier molecular flexibility index (Phi) is 20.2. The van der Waals surface area contributed by atoms with E-state index in [1.165, 1.54) is 143 Å². The third kappa shape index (κ3) is 13.6. The zero-order valence-corrected chi connectivity index (χ0v) is 31.6. The predicted octanol–water partition coefficient (Wildman–Crippen LogP) is 15.2. The Bertz CT molecular complexity index is 1260. The fraction of sp³-hybridized carbons (Fsp3) is 0.609. The number of benzene rings is 2. The van der Waals surface area contributed by atoms with Crippen molar-refractivity contribution in [3.8, 4) is 0 Å². The summed E-state index contributed by atoms with van der Waals surface area (Å²) in [7, 11) is 0. The van der Waals surface area contributed by atoms with Crippen LogP contribution >= 0.6 is 0 Å². The van der Waals surface area contributed by atoms with Gasteiger partial charge in [0.05, 0.1) is 5.57 Å². The molecule has 2 heteroatoms. The lowest BCUT2D eigenvalue weighted by Crippen LogP contribution is -2.03. The van der Waals surface area contributed by atoms with Crippen molar-refractivity contribution in [2.75, 3.05) is 0 Å². The molecular formula is C46H70N2. The van der Waals surface area contributed by atoms with Gasteiger partial charge in [-0.05, 0) is 86.8 Å². The van der Waals surface area contributed by atoms with Crippen LogP contribution in [0.5, 0.6) is 0 Å². The fourth-order valence-corrected chi connectivity index (χ4v) is 7.08. The first-order valence-corrected chi connectivity index (χ1v) is 20.5. The number of hydrogen-bond acceptors (Lipinski definition) is 0. The highest BCUT2D eigenvalue weighted by Crippen LogP contribution is 2.43. The topological polar surface area (TPSA) is 25.3 Å². The Balaban J connectivity index is 1.77. The van der Waals surface area contributed by atoms with Crippen LogP contribution < -0.4 is 0 Å². The molecule has 0 saturated heterocycles. The Morgan fingerprint density at radius 1 is 0.458 bits per heavy atom. The lowest BCUT2D eigenvalue weighted by atomic mass is 9.94. The maximum Gasteiger partial charge on any atom is 0.215 e. The van der Waals surface area contributed by atoms with Crippen molar-refractivity contribution in [1.82, 2.24) is 0 Å². The summed E-state index contributed by atoms with van der Waals surface area (Å²) in [5.74, 6) is 0. The van der Waals surface area contributed by atoms with Crippen LogP contribution in [0.2, 0.25) is 0 Å². The van der Waals surface area contributed by atoms with E-state index in [-0.39, 0.29) is 0 Å². The molecule has 0 aromatic heterocycles. The van der Waals surface area contributed by atoms with Crippen molar-refractivity contribution in [2.45, 2.75) is 182 Å². The van der Waals surface area contributed by atoms with Crippen LogP contribution in [0, 0.1) is 0 Å². The molecular weight excluding hydrogens is 581 g/mol. The van der Waals surface area contributed by atoms with Gasteiger partial charge in [-0.1, -0.05) is 167 Å². The lowest BCUT2D eigenvalue weighted by molar-refractivity contribution is -0.345. The molecule has 2 nitrogen and oxygen atoms in total. The molecule has 0 fully saturated rings. The molecule has 3 rings (SSSR count). The van der Waals surface area contributed by atoms with E-state index in [0.717, 1.165) is 61.0 Å². The molecule has 0 unspecified atom stereocenters. The molecule has 1 aliphatic rings. The van der Waals surface area contributed by atoms with Crippen LogP contribution in [-0.4, -0.2) is 4.70 Å². The molecule has 1 heterocycles. The van der Waals surface area contributed by atoms with E-state index in [1.807, 2.05) is 0 Å². The monoisotopic (exact) mass is 651 g/mol. The quantitative estimate of drug-likeness (QED) is 0.0679.